The monoisotopic (exact) mass is 371 g/mol. The van der Waals surface area contributed by atoms with Gasteiger partial charge in [0.1, 0.15) is 0 Å². The lowest BCUT2D eigenvalue weighted by Gasteiger charge is -2.13. The number of H-pyrrole nitrogens is 1. The Morgan fingerprint density at radius 1 is 0.786 bits per heavy atom. The second-order valence-electron chi connectivity index (χ2n) is 6.59. The van der Waals surface area contributed by atoms with Crippen molar-refractivity contribution in [3.63, 3.8) is 0 Å². The van der Waals surface area contributed by atoms with Crippen molar-refractivity contribution in [2.75, 3.05) is 14.2 Å². The van der Waals surface area contributed by atoms with Crippen LogP contribution < -0.4 is 15.0 Å². The maximum Gasteiger partial charge on any atom is 0.252 e. The predicted octanol–water partition coefficient (Wildman–Crippen LogP) is 4.80. The average Bonchev–Trinajstić information content (AvgIpc) is 2.76. The zero-order valence-electron chi connectivity index (χ0n) is 15.9. The van der Waals surface area contributed by atoms with Crippen molar-refractivity contribution in [2.45, 2.75) is 6.42 Å². The van der Waals surface area contributed by atoms with E-state index in [1.165, 1.54) is 0 Å². The zero-order valence-corrected chi connectivity index (χ0v) is 15.9. The first-order valence-corrected chi connectivity index (χ1v) is 9.11. The Balaban J connectivity index is 1.85. The number of fused-ring (bicyclic) bond motifs is 1. The van der Waals surface area contributed by atoms with Gasteiger partial charge in [0.05, 0.1) is 19.9 Å². The summed E-state index contributed by atoms with van der Waals surface area (Å²) in [6.07, 6.45) is 0.505. The number of aromatic amines is 1. The van der Waals surface area contributed by atoms with Gasteiger partial charge < -0.3 is 14.5 Å². The van der Waals surface area contributed by atoms with Crippen LogP contribution in [-0.2, 0) is 6.42 Å². The third-order valence-corrected chi connectivity index (χ3v) is 4.93. The maximum atomic E-state index is 13.0. The molecule has 4 rings (SSSR count). The van der Waals surface area contributed by atoms with E-state index in [2.05, 4.69) is 4.98 Å². The van der Waals surface area contributed by atoms with E-state index in [1.807, 2.05) is 72.8 Å². The lowest BCUT2D eigenvalue weighted by atomic mass is 9.97. The van der Waals surface area contributed by atoms with Crippen molar-refractivity contribution in [3.8, 4) is 22.8 Å². The molecular weight excluding hydrogens is 350 g/mol. The highest BCUT2D eigenvalue weighted by Gasteiger charge is 2.14. The lowest BCUT2D eigenvalue weighted by molar-refractivity contribution is 0.354. The average molecular weight is 371 g/mol. The summed E-state index contributed by atoms with van der Waals surface area (Å²) in [6, 6.07) is 23.7. The van der Waals surface area contributed by atoms with Crippen LogP contribution in [0.4, 0.5) is 0 Å². The first kappa shape index (κ1) is 17.9. The Bertz CT molecular complexity index is 1180. The Labute approximate surface area is 163 Å². The molecule has 0 amide bonds. The van der Waals surface area contributed by atoms with Crippen LogP contribution in [0.3, 0.4) is 0 Å². The minimum absolute atomic E-state index is 0.0765. The highest BCUT2D eigenvalue weighted by Crippen LogP contribution is 2.31. The number of rotatable bonds is 5. The summed E-state index contributed by atoms with van der Waals surface area (Å²) in [7, 11) is 3.22. The van der Waals surface area contributed by atoms with Crippen LogP contribution >= 0.6 is 0 Å². The quantitative estimate of drug-likeness (QED) is 0.548. The van der Waals surface area contributed by atoms with Gasteiger partial charge in [0.25, 0.3) is 5.56 Å². The van der Waals surface area contributed by atoms with Crippen molar-refractivity contribution in [1.29, 1.82) is 0 Å². The van der Waals surface area contributed by atoms with Crippen LogP contribution in [0.25, 0.3) is 22.0 Å². The summed E-state index contributed by atoms with van der Waals surface area (Å²) < 4.78 is 10.7. The molecule has 0 aliphatic rings. The first-order valence-electron chi connectivity index (χ1n) is 9.11. The summed E-state index contributed by atoms with van der Waals surface area (Å²) in [5.41, 5.74) is 3.49. The van der Waals surface area contributed by atoms with Crippen molar-refractivity contribution >= 4 is 10.8 Å². The molecule has 1 aromatic heterocycles. The summed E-state index contributed by atoms with van der Waals surface area (Å²) in [6.45, 7) is 0. The molecule has 4 nitrogen and oxygen atoms in total. The van der Waals surface area contributed by atoms with Gasteiger partial charge >= 0.3 is 0 Å². The van der Waals surface area contributed by atoms with Crippen molar-refractivity contribution in [1.82, 2.24) is 4.98 Å². The topological polar surface area (TPSA) is 51.3 Å². The molecule has 0 saturated carbocycles. The molecule has 0 spiro atoms. The van der Waals surface area contributed by atoms with Gasteiger partial charge in [-0.1, -0.05) is 60.7 Å². The largest absolute Gasteiger partial charge is 0.493 e. The van der Waals surface area contributed by atoms with Crippen LogP contribution in [0.2, 0.25) is 0 Å². The van der Waals surface area contributed by atoms with E-state index in [4.69, 9.17) is 9.47 Å². The van der Waals surface area contributed by atoms with E-state index in [1.54, 1.807) is 14.2 Å². The number of methoxy groups -OCH3 is 2. The van der Waals surface area contributed by atoms with Gasteiger partial charge in [-0.05, 0) is 28.6 Å². The van der Waals surface area contributed by atoms with E-state index < -0.39 is 0 Å². The zero-order chi connectivity index (χ0) is 19.5. The molecule has 0 bridgehead atoms. The fourth-order valence-corrected chi connectivity index (χ4v) is 3.55. The van der Waals surface area contributed by atoms with Gasteiger partial charge in [0, 0.05) is 17.4 Å². The molecule has 1 heterocycles. The molecule has 0 saturated heterocycles. The molecular formula is C24H21NO3. The van der Waals surface area contributed by atoms with Crippen LogP contribution in [0.1, 0.15) is 11.1 Å². The molecule has 140 valence electrons. The van der Waals surface area contributed by atoms with Crippen molar-refractivity contribution < 1.29 is 9.47 Å². The fourth-order valence-electron chi connectivity index (χ4n) is 3.55. The van der Waals surface area contributed by atoms with Gasteiger partial charge in [-0.25, -0.2) is 0 Å². The highest BCUT2D eigenvalue weighted by molar-refractivity contribution is 5.96. The molecule has 0 unspecified atom stereocenters. The summed E-state index contributed by atoms with van der Waals surface area (Å²) in [5, 5.41) is 1.99. The minimum atomic E-state index is -0.0765. The molecule has 28 heavy (non-hydrogen) atoms. The molecule has 3 aromatic carbocycles. The molecule has 1 N–H and O–H groups in total. The Morgan fingerprint density at radius 2 is 1.46 bits per heavy atom. The van der Waals surface area contributed by atoms with Crippen molar-refractivity contribution in [3.05, 3.63) is 94.3 Å². The Morgan fingerprint density at radius 3 is 2.18 bits per heavy atom. The van der Waals surface area contributed by atoms with E-state index in [-0.39, 0.29) is 5.56 Å². The second-order valence-corrected chi connectivity index (χ2v) is 6.59. The van der Waals surface area contributed by atoms with Crippen LogP contribution in [0.5, 0.6) is 11.5 Å². The summed E-state index contributed by atoms with van der Waals surface area (Å²) in [5.74, 6) is 1.33. The molecule has 4 heteroatoms. The van der Waals surface area contributed by atoms with E-state index >= 15 is 0 Å². The van der Waals surface area contributed by atoms with Crippen molar-refractivity contribution in [2.24, 2.45) is 0 Å². The standard InChI is InChI=1S/C24H21NO3/c1-27-21-13-12-16(15-22(21)28-2)14-20-18-10-6-7-11-19(18)23(25-24(20)26)17-8-4-3-5-9-17/h3-13,15H,14H2,1-2H3,(H,25,26). The van der Waals surface area contributed by atoms with Crippen LogP contribution in [0.15, 0.2) is 77.6 Å². The number of hydrogen-bond acceptors (Lipinski definition) is 3. The van der Waals surface area contributed by atoms with Gasteiger partial charge in [-0.15, -0.1) is 0 Å². The highest BCUT2D eigenvalue weighted by atomic mass is 16.5. The molecule has 0 aliphatic carbocycles. The summed E-state index contributed by atoms with van der Waals surface area (Å²) in [4.78, 5) is 16.1. The van der Waals surface area contributed by atoms with Gasteiger partial charge in [0.15, 0.2) is 11.5 Å². The third kappa shape index (κ3) is 3.25. The van der Waals surface area contributed by atoms with Crippen LogP contribution in [-0.4, -0.2) is 19.2 Å². The normalized spacial score (nSPS) is 10.8. The molecule has 0 atom stereocenters. The Hall–Kier alpha value is -3.53. The smallest absolute Gasteiger partial charge is 0.252 e. The molecule has 0 fully saturated rings. The van der Waals surface area contributed by atoms with Gasteiger partial charge in [-0.2, -0.15) is 0 Å². The SMILES string of the molecule is COc1ccc(Cc2c(=O)[nH]c(-c3ccccc3)c3ccccc23)cc1OC. The maximum absolute atomic E-state index is 13.0. The van der Waals surface area contributed by atoms with Gasteiger partial charge in [0.2, 0.25) is 0 Å². The van der Waals surface area contributed by atoms with Gasteiger partial charge in [-0.3, -0.25) is 4.79 Å². The fraction of sp³-hybridized carbons (Fsp3) is 0.125. The number of hydrogen-bond donors (Lipinski definition) is 1. The van der Waals surface area contributed by atoms with E-state index in [9.17, 15) is 4.79 Å². The number of aromatic nitrogens is 1. The van der Waals surface area contributed by atoms with E-state index in [0.29, 0.717) is 17.9 Å². The molecule has 4 aromatic rings. The summed E-state index contributed by atoms with van der Waals surface area (Å²) >= 11 is 0. The number of ether oxygens (including phenoxy) is 2. The number of benzene rings is 3. The van der Waals surface area contributed by atoms with E-state index in [0.717, 1.165) is 33.2 Å². The molecule has 0 aliphatic heterocycles. The Kier molecular flexibility index (Phi) is 4.85. The minimum Gasteiger partial charge on any atom is -0.493 e. The predicted molar refractivity (Wildman–Crippen MR) is 112 cm³/mol. The number of pyridine rings is 1. The first-order chi connectivity index (χ1) is 13.7. The molecule has 0 radical (unpaired) electrons. The second kappa shape index (κ2) is 7.61. The third-order valence-electron chi connectivity index (χ3n) is 4.93. The number of nitrogens with one attached hydrogen (secondary N) is 1. The lowest BCUT2D eigenvalue weighted by Crippen LogP contribution is -2.15. The van der Waals surface area contributed by atoms with Crippen LogP contribution in [0, 0.1) is 0 Å².